The highest BCUT2D eigenvalue weighted by molar-refractivity contribution is 7.99. The summed E-state index contributed by atoms with van der Waals surface area (Å²) in [5, 5.41) is 14.7. The number of aryl methyl sites for hydroxylation is 1. The van der Waals surface area contributed by atoms with E-state index >= 15 is 0 Å². The quantitative estimate of drug-likeness (QED) is 0.308. The summed E-state index contributed by atoms with van der Waals surface area (Å²) in [5.74, 6) is 0.905. The van der Waals surface area contributed by atoms with Gasteiger partial charge < -0.3 is 9.88 Å². The van der Waals surface area contributed by atoms with Crippen LogP contribution in [0.1, 0.15) is 5.56 Å². The number of hydrogen-bond donors (Lipinski definition) is 1. The predicted octanol–water partition coefficient (Wildman–Crippen LogP) is 5.47. The van der Waals surface area contributed by atoms with Crippen LogP contribution in [-0.4, -0.2) is 31.4 Å². The molecule has 7 heteroatoms. The SMILES string of the molecule is O=C(CSc1nnc(-c2cccnc2)n1CCc1ccccc1)Nc1cccc2ccccc12. The molecule has 1 N–H and O–H groups in total. The molecular weight excluding hydrogens is 442 g/mol. The Hall–Kier alpha value is -3.97. The molecular formula is C27H23N5OS. The fourth-order valence-electron chi connectivity index (χ4n) is 3.84. The normalized spacial score (nSPS) is 10.9. The number of thioether (sulfide) groups is 1. The van der Waals surface area contributed by atoms with Gasteiger partial charge in [-0.05, 0) is 35.6 Å². The van der Waals surface area contributed by atoms with Gasteiger partial charge >= 0.3 is 0 Å². The van der Waals surface area contributed by atoms with Gasteiger partial charge in [0, 0.05) is 35.6 Å². The zero-order chi connectivity index (χ0) is 23.2. The Labute approximate surface area is 202 Å². The van der Waals surface area contributed by atoms with Crippen LogP contribution in [0.15, 0.2) is 102 Å². The second kappa shape index (κ2) is 10.3. The molecule has 0 saturated heterocycles. The Bertz CT molecular complexity index is 1400. The van der Waals surface area contributed by atoms with E-state index < -0.39 is 0 Å². The Morgan fingerprint density at radius 3 is 2.56 bits per heavy atom. The van der Waals surface area contributed by atoms with Crippen molar-refractivity contribution in [2.24, 2.45) is 0 Å². The number of anilines is 1. The van der Waals surface area contributed by atoms with E-state index in [-0.39, 0.29) is 11.7 Å². The van der Waals surface area contributed by atoms with Crippen molar-refractivity contribution in [1.82, 2.24) is 19.7 Å². The summed E-state index contributed by atoms with van der Waals surface area (Å²) in [6.07, 6.45) is 4.36. The molecule has 0 fully saturated rings. The average Bonchev–Trinajstić information content (AvgIpc) is 3.30. The number of amides is 1. The lowest BCUT2D eigenvalue weighted by molar-refractivity contribution is -0.113. The maximum atomic E-state index is 12.8. The number of benzene rings is 3. The second-order valence-corrected chi connectivity index (χ2v) is 8.74. The predicted molar refractivity (Wildman–Crippen MR) is 137 cm³/mol. The van der Waals surface area contributed by atoms with Gasteiger partial charge in [-0.3, -0.25) is 9.78 Å². The Balaban J connectivity index is 1.33. The van der Waals surface area contributed by atoms with E-state index in [1.165, 1.54) is 17.3 Å². The summed E-state index contributed by atoms with van der Waals surface area (Å²) in [5.41, 5.74) is 2.94. The molecule has 0 aliphatic rings. The molecule has 0 radical (unpaired) electrons. The molecule has 3 aromatic carbocycles. The van der Waals surface area contributed by atoms with Gasteiger partial charge in [0.05, 0.1) is 5.75 Å². The highest BCUT2D eigenvalue weighted by atomic mass is 32.2. The van der Waals surface area contributed by atoms with Crippen LogP contribution < -0.4 is 5.32 Å². The number of nitrogens with zero attached hydrogens (tertiary/aromatic N) is 4. The number of fused-ring (bicyclic) bond motifs is 1. The summed E-state index contributed by atoms with van der Waals surface area (Å²) >= 11 is 1.39. The molecule has 5 rings (SSSR count). The number of hydrogen-bond acceptors (Lipinski definition) is 5. The number of carbonyl (C=O) groups excluding carboxylic acids is 1. The van der Waals surface area contributed by atoms with Gasteiger partial charge in [0.2, 0.25) is 5.91 Å². The first-order chi connectivity index (χ1) is 16.8. The van der Waals surface area contributed by atoms with Crippen LogP contribution in [0.3, 0.4) is 0 Å². The van der Waals surface area contributed by atoms with Crippen molar-refractivity contribution in [1.29, 1.82) is 0 Å². The largest absolute Gasteiger partial charge is 0.325 e. The van der Waals surface area contributed by atoms with E-state index in [1.54, 1.807) is 12.4 Å². The fourth-order valence-corrected chi connectivity index (χ4v) is 4.61. The van der Waals surface area contributed by atoms with E-state index in [0.717, 1.165) is 34.3 Å². The maximum absolute atomic E-state index is 12.8. The third kappa shape index (κ3) is 5.00. The van der Waals surface area contributed by atoms with Crippen LogP contribution in [0.5, 0.6) is 0 Å². The molecule has 2 aromatic heterocycles. The topological polar surface area (TPSA) is 72.7 Å². The Morgan fingerprint density at radius 1 is 0.882 bits per heavy atom. The Morgan fingerprint density at radius 2 is 1.71 bits per heavy atom. The molecule has 34 heavy (non-hydrogen) atoms. The smallest absolute Gasteiger partial charge is 0.234 e. The molecule has 0 bridgehead atoms. The number of carbonyl (C=O) groups is 1. The van der Waals surface area contributed by atoms with Gasteiger partial charge in [0.15, 0.2) is 11.0 Å². The second-order valence-electron chi connectivity index (χ2n) is 7.80. The van der Waals surface area contributed by atoms with Gasteiger partial charge in [-0.15, -0.1) is 10.2 Å². The molecule has 0 aliphatic heterocycles. The van der Waals surface area contributed by atoms with Gasteiger partial charge in [0.1, 0.15) is 0 Å². The average molecular weight is 466 g/mol. The maximum Gasteiger partial charge on any atom is 0.234 e. The molecule has 2 heterocycles. The van der Waals surface area contributed by atoms with Gasteiger partial charge in [-0.1, -0.05) is 78.5 Å². The van der Waals surface area contributed by atoms with Crippen molar-refractivity contribution >= 4 is 34.1 Å². The molecule has 6 nitrogen and oxygen atoms in total. The van der Waals surface area contributed by atoms with Crippen LogP contribution in [0.2, 0.25) is 0 Å². The lowest BCUT2D eigenvalue weighted by atomic mass is 10.1. The highest BCUT2D eigenvalue weighted by Gasteiger charge is 2.16. The Kier molecular flexibility index (Phi) is 6.63. The van der Waals surface area contributed by atoms with Crippen molar-refractivity contribution in [3.8, 4) is 11.4 Å². The molecule has 0 spiro atoms. The summed E-state index contributed by atoms with van der Waals surface area (Å²) in [6, 6.07) is 28.1. The van der Waals surface area contributed by atoms with E-state index in [1.807, 2.05) is 72.8 Å². The molecule has 5 aromatic rings. The number of nitrogens with one attached hydrogen (secondary N) is 1. The summed E-state index contributed by atoms with van der Waals surface area (Å²) in [6.45, 7) is 0.703. The standard InChI is InChI=1S/C27H23N5OS/c33-25(29-24-14-6-11-21-10-4-5-13-23(21)24)19-34-27-31-30-26(22-12-7-16-28-18-22)32(27)17-15-20-8-2-1-3-9-20/h1-14,16,18H,15,17,19H2,(H,29,33). The summed E-state index contributed by atoms with van der Waals surface area (Å²) < 4.78 is 2.07. The molecule has 0 aliphatic carbocycles. The van der Waals surface area contributed by atoms with Gasteiger partial charge in [-0.2, -0.15) is 0 Å². The minimum Gasteiger partial charge on any atom is -0.325 e. The first-order valence-corrected chi connectivity index (χ1v) is 12.0. The van der Waals surface area contributed by atoms with Crippen LogP contribution in [-0.2, 0) is 17.8 Å². The zero-order valence-corrected chi connectivity index (χ0v) is 19.3. The van der Waals surface area contributed by atoms with E-state index in [9.17, 15) is 4.79 Å². The van der Waals surface area contributed by atoms with E-state index in [4.69, 9.17) is 0 Å². The molecule has 0 saturated carbocycles. The van der Waals surface area contributed by atoms with Crippen molar-refractivity contribution in [3.05, 3.63) is 103 Å². The lowest BCUT2D eigenvalue weighted by Gasteiger charge is -2.11. The van der Waals surface area contributed by atoms with Crippen molar-refractivity contribution in [2.45, 2.75) is 18.1 Å². The lowest BCUT2D eigenvalue weighted by Crippen LogP contribution is -2.15. The third-order valence-corrected chi connectivity index (χ3v) is 6.47. The van der Waals surface area contributed by atoms with Crippen molar-refractivity contribution < 1.29 is 4.79 Å². The van der Waals surface area contributed by atoms with Crippen LogP contribution in [0.25, 0.3) is 22.2 Å². The van der Waals surface area contributed by atoms with E-state index in [0.29, 0.717) is 11.7 Å². The minimum atomic E-state index is -0.0816. The molecule has 0 atom stereocenters. The van der Waals surface area contributed by atoms with Crippen molar-refractivity contribution in [3.63, 3.8) is 0 Å². The first-order valence-electron chi connectivity index (χ1n) is 11.1. The molecule has 1 amide bonds. The third-order valence-electron chi connectivity index (χ3n) is 5.50. The minimum absolute atomic E-state index is 0.0816. The van der Waals surface area contributed by atoms with Crippen LogP contribution in [0.4, 0.5) is 5.69 Å². The van der Waals surface area contributed by atoms with Crippen molar-refractivity contribution in [2.75, 3.05) is 11.1 Å². The number of aromatic nitrogens is 4. The fraction of sp³-hybridized carbons (Fsp3) is 0.111. The van der Waals surface area contributed by atoms with Gasteiger partial charge in [0.25, 0.3) is 0 Å². The monoisotopic (exact) mass is 465 g/mol. The highest BCUT2D eigenvalue weighted by Crippen LogP contribution is 2.26. The zero-order valence-electron chi connectivity index (χ0n) is 18.5. The van der Waals surface area contributed by atoms with Gasteiger partial charge in [-0.25, -0.2) is 0 Å². The van der Waals surface area contributed by atoms with E-state index in [2.05, 4.69) is 37.2 Å². The van der Waals surface area contributed by atoms with Crippen LogP contribution in [0, 0.1) is 0 Å². The summed E-state index contributed by atoms with van der Waals surface area (Å²) in [4.78, 5) is 17.0. The first kappa shape index (κ1) is 21.9. The van der Waals surface area contributed by atoms with Crippen LogP contribution >= 0.6 is 11.8 Å². The summed E-state index contributed by atoms with van der Waals surface area (Å²) in [7, 11) is 0. The molecule has 168 valence electrons. The molecule has 0 unspecified atom stereocenters. The number of rotatable bonds is 8. The number of pyridine rings is 1.